The largest absolute Gasteiger partial charge is 0.493 e. The van der Waals surface area contributed by atoms with Crippen LogP contribution in [0, 0.1) is 5.92 Å². The fraction of sp³-hybridized carbons (Fsp3) is 0.250. The number of hydrogen-bond acceptors (Lipinski definition) is 4. The molecule has 2 amide bonds. The maximum absolute atomic E-state index is 12.8. The molecule has 0 radical (unpaired) electrons. The van der Waals surface area contributed by atoms with Gasteiger partial charge >= 0.3 is 0 Å². The first-order valence-electron chi connectivity index (χ1n) is 8.43. The summed E-state index contributed by atoms with van der Waals surface area (Å²) in [5.74, 6) is 0.545. The Kier molecular flexibility index (Phi) is 4.16. The fourth-order valence-electron chi connectivity index (χ4n) is 3.24. The molecule has 3 aliphatic rings. The Morgan fingerprint density at radius 1 is 1.19 bits per heavy atom. The maximum atomic E-state index is 12.8. The van der Waals surface area contributed by atoms with Crippen LogP contribution in [0.2, 0.25) is 0 Å². The molecule has 0 bridgehead atoms. The third-order valence-corrected chi connectivity index (χ3v) is 4.60. The van der Waals surface area contributed by atoms with Crippen molar-refractivity contribution in [2.45, 2.75) is 6.10 Å². The van der Waals surface area contributed by atoms with Crippen LogP contribution in [0.1, 0.15) is 0 Å². The Bertz CT molecular complexity index is 876. The van der Waals surface area contributed by atoms with Crippen LogP contribution in [-0.2, 0) is 9.59 Å². The highest BCUT2D eigenvalue weighted by atomic mass is 16.5. The number of allylic oxidation sites excluding steroid dienone is 4. The summed E-state index contributed by atoms with van der Waals surface area (Å²) in [5, 5.41) is 0. The zero-order valence-corrected chi connectivity index (χ0v) is 14.3. The molecule has 6 nitrogen and oxygen atoms in total. The van der Waals surface area contributed by atoms with Gasteiger partial charge in [-0.15, -0.1) is 0 Å². The average Bonchev–Trinajstić information content (AvgIpc) is 2.63. The second-order valence-corrected chi connectivity index (χ2v) is 6.30. The Morgan fingerprint density at radius 3 is 2.73 bits per heavy atom. The second-order valence-electron chi connectivity index (χ2n) is 6.30. The highest BCUT2D eigenvalue weighted by molar-refractivity contribution is 6.18. The van der Waals surface area contributed by atoms with Gasteiger partial charge in [0.2, 0.25) is 0 Å². The molecule has 0 saturated carbocycles. The van der Waals surface area contributed by atoms with Crippen LogP contribution in [0.5, 0.6) is 11.5 Å². The van der Waals surface area contributed by atoms with Crippen LogP contribution >= 0.6 is 0 Å². The molecule has 132 valence electrons. The highest BCUT2D eigenvalue weighted by Gasteiger charge is 2.38. The molecule has 2 heterocycles. The van der Waals surface area contributed by atoms with Gasteiger partial charge in [0.1, 0.15) is 6.10 Å². The van der Waals surface area contributed by atoms with Crippen molar-refractivity contribution in [2.24, 2.45) is 10.9 Å². The first-order valence-corrected chi connectivity index (χ1v) is 8.43. The van der Waals surface area contributed by atoms with Gasteiger partial charge in [0, 0.05) is 11.6 Å². The van der Waals surface area contributed by atoms with Crippen molar-refractivity contribution in [3.63, 3.8) is 0 Å². The van der Waals surface area contributed by atoms with Gasteiger partial charge < -0.3 is 14.4 Å². The number of carbonyl (C=O) groups is 2. The molecular weight excluding hydrogens is 332 g/mol. The summed E-state index contributed by atoms with van der Waals surface area (Å²) in [6.07, 6.45) is 8.59. The molecule has 1 unspecified atom stereocenters. The molecular formula is C20H18N2O4. The van der Waals surface area contributed by atoms with E-state index in [0.717, 1.165) is 0 Å². The van der Waals surface area contributed by atoms with Crippen molar-refractivity contribution < 1.29 is 19.1 Å². The highest BCUT2D eigenvalue weighted by Crippen LogP contribution is 2.30. The lowest BCUT2D eigenvalue weighted by atomic mass is 9.86. The van der Waals surface area contributed by atoms with Gasteiger partial charge in [-0.3, -0.25) is 9.59 Å². The molecule has 2 aliphatic heterocycles. The number of fused-ring (bicyclic) bond motifs is 1. The van der Waals surface area contributed by atoms with E-state index in [1.165, 1.54) is 6.08 Å². The molecule has 1 aromatic rings. The normalized spacial score (nSPS) is 21.5. The number of carbonyl (C=O) groups excluding carboxylic acids is 2. The van der Waals surface area contributed by atoms with Crippen molar-refractivity contribution in [1.29, 1.82) is 0 Å². The molecule has 1 aromatic carbocycles. The van der Waals surface area contributed by atoms with E-state index in [-0.39, 0.29) is 23.8 Å². The van der Waals surface area contributed by atoms with Crippen LogP contribution in [0.25, 0.3) is 0 Å². The van der Waals surface area contributed by atoms with Gasteiger partial charge in [0.05, 0.1) is 31.8 Å². The van der Waals surface area contributed by atoms with Crippen molar-refractivity contribution in [1.82, 2.24) is 4.90 Å². The van der Waals surface area contributed by atoms with E-state index >= 15 is 0 Å². The molecule has 6 heteroatoms. The van der Waals surface area contributed by atoms with Crippen molar-refractivity contribution in [2.75, 3.05) is 20.2 Å². The van der Waals surface area contributed by atoms with E-state index in [1.807, 2.05) is 42.5 Å². The summed E-state index contributed by atoms with van der Waals surface area (Å²) in [6.45, 7) is 0.947. The Hall–Kier alpha value is -3.15. The van der Waals surface area contributed by atoms with Crippen LogP contribution < -0.4 is 9.47 Å². The number of methoxy groups -OCH3 is 1. The lowest BCUT2D eigenvalue weighted by Gasteiger charge is -2.40. The molecule has 4 rings (SSSR count). The van der Waals surface area contributed by atoms with E-state index in [4.69, 9.17) is 9.47 Å². The van der Waals surface area contributed by atoms with Gasteiger partial charge in [-0.25, -0.2) is 4.99 Å². The van der Waals surface area contributed by atoms with Crippen LogP contribution in [0.3, 0.4) is 0 Å². The van der Waals surface area contributed by atoms with Crippen molar-refractivity contribution in [3.8, 4) is 11.5 Å². The SMILES string of the molecule is COc1ccccc1OC1CN(C(=O)C2=CC(=O)N=C3C=CC=CC23)C1. The summed E-state index contributed by atoms with van der Waals surface area (Å²) in [6, 6.07) is 7.43. The summed E-state index contributed by atoms with van der Waals surface area (Å²) in [5.41, 5.74) is 1.09. The third-order valence-electron chi connectivity index (χ3n) is 4.60. The van der Waals surface area contributed by atoms with E-state index < -0.39 is 0 Å². The Balaban J connectivity index is 1.41. The molecule has 0 spiro atoms. The number of hydrogen-bond donors (Lipinski definition) is 0. The minimum absolute atomic E-state index is 0.0925. The number of ether oxygens (including phenoxy) is 2. The van der Waals surface area contributed by atoms with Crippen LogP contribution in [0.4, 0.5) is 0 Å². The number of amides is 2. The van der Waals surface area contributed by atoms with Gasteiger partial charge in [0.15, 0.2) is 11.5 Å². The van der Waals surface area contributed by atoms with E-state index in [0.29, 0.717) is 35.9 Å². The smallest absolute Gasteiger partial charge is 0.270 e. The second kappa shape index (κ2) is 6.63. The number of nitrogens with zero attached hydrogens (tertiary/aromatic N) is 2. The predicted molar refractivity (Wildman–Crippen MR) is 96.3 cm³/mol. The number of aliphatic imine (C=N–C) groups is 1. The molecule has 1 aliphatic carbocycles. The number of rotatable bonds is 4. The first kappa shape index (κ1) is 16.3. The zero-order chi connectivity index (χ0) is 18.1. The van der Waals surface area contributed by atoms with E-state index in [1.54, 1.807) is 18.1 Å². The molecule has 1 fully saturated rings. The standard InChI is InChI=1S/C20H18N2O4/c1-25-17-8-4-5-9-18(17)26-13-11-22(12-13)20(24)15-10-19(23)21-16-7-3-2-6-14(15)16/h2-10,13-14H,11-12H2,1H3. The minimum Gasteiger partial charge on any atom is -0.493 e. The average molecular weight is 350 g/mol. The molecule has 0 N–H and O–H groups in total. The lowest BCUT2D eigenvalue weighted by Crippen LogP contribution is -2.57. The first-order chi connectivity index (χ1) is 12.7. The Labute approximate surface area is 151 Å². The van der Waals surface area contributed by atoms with E-state index in [9.17, 15) is 9.59 Å². The van der Waals surface area contributed by atoms with Crippen molar-refractivity contribution >= 4 is 17.5 Å². The fourth-order valence-corrected chi connectivity index (χ4v) is 3.24. The monoisotopic (exact) mass is 350 g/mol. The molecule has 1 saturated heterocycles. The number of dihydropyridines is 1. The Morgan fingerprint density at radius 2 is 1.96 bits per heavy atom. The van der Waals surface area contributed by atoms with Crippen molar-refractivity contribution in [3.05, 3.63) is 60.2 Å². The topological polar surface area (TPSA) is 68.2 Å². The summed E-state index contributed by atoms with van der Waals surface area (Å²) >= 11 is 0. The van der Waals surface area contributed by atoms with Gasteiger partial charge in [0.25, 0.3) is 11.8 Å². The van der Waals surface area contributed by atoms with Crippen LogP contribution in [-0.4, -0.2) is 48.7 Å². The summed E-state index contributed by atoms with van der Waals surface area (Å²) in [7, 11) is 1.59. The minimum atomic E-state index is -0.387. The lowest BCUT2D eigenvalue weighted by molar-refractivity contribution is -0.136. The molecule has 1 atom stereocenters. The third kappa shape index (κ3) is 2.94. The zero-order valence-electron chi connectivity index (χ0n) is 14.3. The molecule has 0 aromatic heterocycles. The molecule has 26 heavy (non-hydrogen) atoms. The van der Waals surface area contributed by atoms with Crippen LogP contribution in [0.15, 0.2) is 65.2 Å². The van der Waals surface area contributed by atoms with E-state index in [2.05, 4.69) is 4.99 Å². The van der Waals surface area contributed by atoms with Gasteiger partial charge in [-0.05, 0) is 18.2 Å². The van der Waals surface area contributed by atoms with Gasteiger partial charge in [-0.1, -0.05) is 30.4 Å². The predicted octanol–water partition coefficient (Wildman–Crippen LogP) is 1.93. The number of para-hydroxylation sites is 2. The maximum Gasteiger partial charge on any atom is 0.270 e. The van der Waals surface area contributed by atoms with Gasteiger partial charge in [-0.2, -0.15) is 0 Å². The summed E-state index contributed by atoms with van der Waals surface area (Å²) < 4.78 is 11.2. The number of benzene rings is 1. The summed E-state index contributed by atoms with van der Waals surface area (Å²) in [4.78, 5) is 30.3. The quantitative estimate of drug-likeness (QED) is 0.832. The number of likely N-dealkylation sites (tertiary alicyclic amines) is 1.